The van der Waals surface area contributed by atoms with Gasteiger partial charge in [-0.05, 0) is 54.3 Å². The molecule has 1 aliphatic carbocycles. The van der Waals surface area contributed by atoms with Gasteiger partial charge in [0.2, 0.25) is 5.91 Å². The summed E-state index contributed by atoms with van der Waals surface area (Å²) >= 11 is 1.40. The quantitative estimate of drug-likeness (QED) is 0.719. The molecule has 1 N–H and O–H groups in total. The van der Waals surface area contributed by atoms with Gasteiger partial charge in [0, 0.05) is 17.5 Å². The van der Waals surface area contributed by atoms with Crippen molar-refractivity contribution in [3.05, 3.63) is 76.3 Å². The second-order valence-corrected chi connectivity index (χ2v) is 8.01. The number of aromatic nitrogens is 1. The molecule has 0 radical (unpaired) electrons. The van der Waals surface area contributed by atoms with Crippen LogP contribution in [-0.2, 0) is 11.2 Å². The molecular weight excluding hydrogens is 370 g/mol. The highest BCUT2D eigenvalue weighted by Gasteiger charge is 2.49. The first-order chi connectivity index (χ1) is 13.5. The van der Waals surface area contributed by atoms with Crippen molar-refractivity contribution >= 4 is 22.4 Å². The van der Waals surface area contributed by atoms with Crippen LogP contribution in [-0.4, -0.2) is 18.0 Å². The number of fused-ring (bicyclic) bond motifs is 1. The van der Waals surface area contributed by atoms with E-state index in [1.807, 2.05) is 54.8 Å². The van der Waals surface area contributed by atoms with Gasteiger partial charge in [0.1, 0.15) is 5.75 Å². The summed E-state index contributed by atoms with van der Waals surface area (Å²) in [6.45, 7) is 1.98. The number of rotatable bonds is 4. The van der Waals surface area contributed by atoms with Gasteiger partial charge in [0.15, 0.2) is 5.13 Å². The number of nitriles is 1. The molecule has 0 aliphatic heterocycles. The second kappa shape index (κ2) is 7.10. The predicted molar refractivity (Wildman–Crippen MR) is 109 cm³/mol. The minimum Gasteiger partial charge on any atom is -0.497 e. The first-order valence-corrected chi connectivity index (χ1v) is 9.81. The molecule has 0 spiro atoms. The Morgan fingerprint density at radius 3 is 2.75 bits per heavy atom. The largest absolute Gasteiger partial charge is 0.497 e. The van der Waals surface area contributed by atoms with Crippen LogP contribution in [0.5, 0.6) is 5.75 Å². The lowest BCUT2D eigenvalue weighted by molar-refractivity contribution is -0.125. The summed E-state index contributed by atoms with van der Waals surface area (Å²) in [6.07, 6.45) is 2.27. The smallest absolute Gasteiger partial charge is 0.233 e. The molecule has 0 saturated carbocycles. The molecule has 140 valence electrons. The standard InChI is InChI=1S/C22H19N3O2S/c1-22(20(26)25-21-24-9-10-28-21)12-16-4-3-14(13-23)11-18(16)19(22)15-5-7-17(27-2)8-6-15/h3-11,19H,12H2,1-2H3,(H,24,25,26). The Labute approximate surface area is 167 Å². The predicted octanol–water partition coefficient (Wildman–Crippen LogP) is 4.36. The maximum absolute atomic E-state index is 13.3. The molecule has 2 atom stereocenters. The molecular formula is C22H19N3O2S. The van der Waals surface area contributed by atoms with E-state index in [4.69, 9.17) is 4.74 Å². The average Bonchev–Trinajstić information content (AvgIpc) is 3.33. The molecule has 2 aromatic carbocycles. The number of amides is 1. The Balaban J connectivity index is 1.80. The van der Waals surface area contributed by atoms with Crippen molar-refractivity contribution in [3.63, 3.8) is 0 Å². The first-order valence-electron chi connectivity index (χ1n) is 8.93. The Hall–Kier alpha value is -3.17. The van der Waals surface area contributed by atoms with Crippen molar-refractivity contribution in [1.29, 1.82) is 5.26 Å². The molecule has 5 nitrogen and oxygen atoms in total. The maximum atomic E-state index is 13.3. The van der Waals surface area contributed by atoms with Gasteiger partial charge in [-0.2, -0.15) is 5.26 Å². The van der Waals surface area contributed by atoms with Crippen molar-refractivity contribution < 1.29 is 9.53 Å². The van der Waals surface area contributed by atoms with Gasteiger partial charge in [-0.1, -0.05) is 18.2 Å². The van der Waals surface area contributed by atoms with Crippen LogP contribution in [0.4, 0.5) is 5.13 Å². The van der Waals surface area contributed by atoms with Crippen LogP contribution < -0.4 is 10.1 Å². The number of thiazole rings is 1. The van der Waals surface area contributed by atoms with Crippen LogP contribution in [0.25, 0.3) is 0 Å². The summed E-state index contributed by atoms with van der Waals surface area (Å²) in [6, 6.07) is 15.7. The summed E-state index contributed by atoms with van der Waals surface area (Å²) in [5.74, 6) is 0.529. The van der Waals surface area contributed by atoms with E-state index in [1.165, 1.54) is 11.3 Å². The molecule has 0 bridgehead atoms. The lowest BCUT2D eigenvalue weighted by atomic mass is 9.73. The number of carbonyl (C=O) groups is 1. The van der Waals surface area contributed by atoms with E-state index < -0.39 is 5.41 Å². The number of methoxy groups -OCH3 is 1. The number of ether oxygens (including phenoxy) is 1. The van der Waals surface area contributed by atoms with Crippen LogP contribution in [0.1, 0.15) is 35.1 Å². The molecule has 2 unspecified atom stereocenters. The van der Waals surface area contributed by atoms with Crippen molar-refractivity contribution in [3.8, 4) is 11.8 Å². The summed E-state index contributed by atoms with van der Waals surface area (Å²) < 4.78 is 5.28. The topological polar surface area (TPSA) is 75.0 Å². The molecule has 0 fully saturated rings. The van der Waals surface area contributed by atoms with Gasteiger partial charge in [-0.15, -0.1) is 11.3 Å². The number of nitrogens with zero attached hydrogens (tertiary/aromatic N) is 2. The minimum atomic E-state index is -0.698. The van der Waals surface area contributed by atoms with Crippen molar-refractivity contribution in [2.24, 2.45) is 5.41 Å². The van der Waals surface area contributed by atoms with Crippen LogP contribution in [0.15, 0.2) is 54.0 Å². The Morgan fingerprint density at radius 1 is 1.32 bits per heavy atom. The highest BCUT2D eigenvalue weighted by molar-refractivity contribution is 7.13. The van der Waals surface area contributed by atoms with Crippen molar-refractivity contribution in [2.75, 3.05) is 12.4 Å². The molecule has 1 aromatic heterocycles. The lowest BCUT2D eigenvalue weighted by Gasteiger charge is -2.31. The van der Waals surface area contributed by atoms with Crippen LogP contribution in [0, 0.1) is 16.7 Å². The Morgan fingerprint density at radius 2 is 2.11 bits per heavy atom. The maximum Gasteiger partial charge on any atom is 0.233 e. The summed E-state index contributed by atoms with van der Waals surface area (Å²) in [5.41, 5.74) is 3.04. The summed E-state index contributed by atoms with van der Waals surface area (Å²) in [7, 11) is 1.63. The van der Waals surface area contributed by atoms with E-state index in [1.54, 1.807) is 13.3 Å². The average molecular weight is 389 g/mol. The van der Waals surface area contributed by atoms with E-state index in [-0.39, 0.29) is 11.8 Å². The molecule has 1 heterocycles. The van der Waals surface area contributed by atoms with E-state index in [2.05, 4.69) is 16.4 Å². The normalized spacial score (nSPS) is 20.2. The van der Waals surface area contributed by atoms with Crippen LogP contribution in [0.3, 0.4) is 0 Å². The van der Waals surface area contributed by atoms with E-state index in [0.29, 0.717) is 17.1 Å². The molecule has 4 rings (SSSR count). The highest BCUT2D eigenvalue weighted by atomic mass is 32.1. The van der Waals surface area contributed by atoms with Gasteiger partial charge in [-0.25, -0.2) is 4.98 Å². The third kappa shape index (κ3) is 3.04. The van der Waals surface area contributed by atoms with Crippen LogP contribution in [0.2, 0.25) is 0 Å². The zero-order chi connectivity index (χ0) is 19.7. The fraction of sp³-hybridized carbons (Fsp3) is 0.227. The second-order valence-electron chi connectivity index (χ2n) is 7.12. The Bertz CT molecular complexity index is 1050. The van der Waals surface area contributed by atoms with E-state index >= 15 is 0 Å². The number of nitrogens with one attached hydrogen (secondary N) is 1. The fourth-order valence-corrected chi connectivity index (χ4v) is 4.54. The highest BCUT2D eigenvalue weighted by Crippen LogP contribution is 2.51. The molecule has 3 aromatic rings. The van der Waals surface area contributed by atoms with E-state index in [9.17, 15) is 10.1 Å². The van der Waals surface area contributed by atoms with E-state index in [0.717, 1.165) is 22.4 Å². The number of benzene rings is 2. The Kier molecular flexibility index (Phi) is 4.62. The van der Waals surface area contributed by atoms with Crippen molar-refractivity contribution in [1.82, 2.24) is 4.98 Å². The van der Waals surface area contributed by atoms with Crippen molar-refractivity contribution in [2.45, 2.75) is 19.3 Å². The minimum absolute atomic E-state index is 0.0713. The van der Waals surface area contributed by atoms with Crippen LogP contribution >= 0.6 is 11.3 Å². The van der Waals surface area contributed by atoms with Gasteiger partial charge in [0.05, 0.1) is 24.2 Å². The van der Waals surface area contributed by atoms with Gasteiger partial charge in [0.25, 0.3) is 0 Å². The first kappa shape index (κ1) is 18.2. The van der Waals surface area contributed by atoms with Gasteiger partial charge >= 0.3 is 0 Å². The molecule has 0 saturated heterocycles. The molecule has 6 heteroatoms. The number of carbonyl (C=O) groups excluding carboxylic acids is 1. The molecule has 28 heavy (non-hydrogen) atoms. The number of hydrogen-bond donors (Lipinski definition) is 1. The third-order valence-electron chi connectivity index (χ3n) is 5.40. The zero-order valence-electron chi connectivity index (χ0n) is 15.6. The summed E-state index contributed by atoms with van der Waals surface area (Å²) in [4.78, 5) is 17.5. The monoisotopic (exact) mass is 389 g/mol. The fourth-order valence-electron chi connectivity index (χ4n) is 4.02. The molecule has 1 amide bonds. The number of anilines is 1. The SMILES string of the molecule is COc1ccc(C2c3cc(C#N)ccc3CC2(C)C(=O)Nc2nccs2)cc1. The number of hydrogen-bond acceptors (Lipinski definition) is 5. The zero-order valence-corrected chi connectivity index (χ0v) is 16.4. The summed E-state index contributed by atoms with van der Waals surface area (Å²) in [5, 5.41) is 14.7. The van der Waals surface area contributed by atoms with Gasteiger partial charge in [-0.3, -0.25) is 4.79 Å². The molecule has 1 aliphatic rings. The lowest BCUT2D eigenvalue weighted by Crippen LogP contribution is -2.37. The third-order valence-corrected chi connectivity index (χ3v) is 6.09. The van der Waals surface area contributed by atoms with Gasteiger partial charge < -0.3 is 10.1 Å².